The largest absolute Gasteiger partial charge is 0.494 e. The first kappa shape index (κ1) is 25.3. The summed E-state index contributed by atoms with van der Waals surface area (Å²) in [7, 11) is 0. The van der Waals surface area contributed by atoms with Crippen LogP contribution in [0.25, 0.3) is 11.8 Å². The molecule has 1 amide bonds. The van der Waals surface area contributed by atoms with Crippen LogP contribution in [0.3, 0.4) is 0 Å². The van der Waals surface area contributed by atoms with Gasteiger partial charge in [-0.1, -0.05) is 17.7 Å². The highest BCUT2D eigenvalue weighted by molar-refractivity contribution is 6.30. The van der Waals surface area contributed by atoms with Crippen LogP contribution in [-0.4, -0.2) is 29.7 Å². The van der Waals surface area contributed by atoms with Crippen LogP contribution in [0.1, 0.15) is 37.7 Å². The van der Waals surface area contributed by atoms with E-state index < -0.39 is 5.97 Å². The lowest BCUT2D eigenvalue weighted by Gasteiger charge is -2.18. The number of anilines is 1. The van der Waals surface area contributed by atoms with Gasteiger partial charge in [0.15, 0.2) is 0 Å². The van der Waals surface area contributed by atoms with Gasteiger partial charge >= 0.3 is 5.97 Å². The SMILES string of the molecule is CCOC(=O)C1=C(C)N(c2ccc(OCC)cc2)C(=O)/C1=C\c1cc(C)n(-c2cccc(Cl)c2)c1C. The number of allylic oxidation sites excluding steroid dienone is 1. The molecule has 6 nitrogen and oxygen atoms in total. The van der Waals surface area contributed by atoms with Gasteiger partial charge in [-0.05, 0) is 94.8 Å². The minimum absolute atomic E-state index is 0.212. The number of aromatic nitrogens is 1. The van der Waals surface area contributed by atoms with E-state index in [1.165, 1.54) is 0 Å². The Bertz CT molecular complexity index is 1380. The molecule has 0 N–H and O–H groups in total. The van der Waals surface area contributed by atoms with E-state index in [9.17, 15) is 9.59 Å². The molecule has 3 aromatic rings. The standard InChI is InChI=1S/C29H29ClN2O4/c1-6-35-25-13-11-23(12-14-25)32-20(5)27(29(34)36-7-2)26(28(32)33)16-21-15-18(3)31(19(21)4)24-10-8-9-22(30)17-24/h8-17H,6-7H2,1-5H3/b26-16-. The molecule has 2 heterocycles. The van der Waals surface area contributed by atoms with E-state index >= 15 is 0 Å². The van der Waals surface area contributed by atoms with Gasteiger partial charge in [0.05, 0.1) is 24.4 Å². The maximum atomic E-state index is 13.7. The Kier molecular flexibility index (Phi) is 7.36. The number of esters is 1. The second kappa shape index (κ2) is 10.5. The number of halogens is 1. The Hall–Kier alpha value is -3.77. The van der Waals surface area contributed by atoms with E-state index in [0.717, 1.165) is 22.6 Å². The third kappa shape index (κ3) is 4.69. The number of amides is 1. The van der Waals surface area contributed by atoms with E-state index in [1.54, 1.807) is 24.8 Å². The van der Waals surface area contributed by atoms with E-state index in [0.29, 0.717) is 34.3 Å². The quantitative estimate of drug-likeness (QED) is 0.275. The van der Waals surface area contributed by atoms with Crippen molar-refractivity contribution < 1.29 is 19.1 Å². The molecule has 2 aromatic carbocycles. The molecule has 186 valence electrons. The molecule has 4 rings (SSSR count). The molecule has 0 saturated carbocycles. The van der Waals surface area contributed by atoms with E-state index in [4.69, 9.17) is 21.1 Å². The predicted octanol–water partition coefficient (Wildman–Crippen LogP) is 6.41. The smallest absolute Gasteiger partial charge is 0.340 e. The molecule has 1 aliphatic heterocycles. The maximum absolute atomic E-state index is 13.7. The number of aryl methyl sites for hydroxylation is 1. The monoisotopic (exact) mass is 504 g/mol. The summed E-state index contributed by atoms with van der Waals surface area (Å²) in [6.07, 6.45) is 1.77. The number of carbonyl (C=O) groups excluding carboxylic acids is 2. The summed E-state index contributed by atoms with van der Waals surface area (Å²) in [5.41, 5.74) is 5.40. The van der Waals surface area contributed by atoms with Crippen LogP contribution in [0.2, 0.25) is 5.02 Å². The highest BCUT2D eigenvalue weighted by Gasteiger charge is 2.38. The van der Waals surface area contributed by atoms with Gasteiger partial charge in [0.1, 0.15) is 5.75 Å². The van der Waals surface area contributed by atoms with Crippen LogP contribution in [0, 0.1) is 13.8 Å². The fourth-order valence-corrected chi connectivity index (χ4v) is 4.74. The van der Waals surface area contributed by atoms with Crippen molar-refractivity contribution in [3.05, 3.63) is 93.4 Å². The van der Waals surface area contributed by atoms with Crippen LogP contribution in [0.4, 0.5) is 5.69 Å². The van der Waals surface area contributed by atoms with Crippen molar-refractivity contribution in [2.24, 2.45) is 0 Å². The minimum atomic E-state index is -0.522. The van der Waals surface area contributed by atoms with Gasteiger partial charge in [0, 0.05) is 33.5 Å². The van der Waals surface area contributed by atoms with Crippen LogP contribution in [-0.2, 0) is 14.3 Å². The third-order valence-corrected chi connectivity index (χ3v) is 6.36. The fourth-order valence-electron chi connectivity index (χ4n) is 4.55. The number of ether oxygens (including phenoxy) is 2. The molecule has 0 radical (unpaired) electrons. The lowest BCUT2D eigenvalue weighted by molar-refractivity contribution is -0.138. The van der Waals surface area contributed by atoms with Crippen LogP contribution in [0.5, 0.6) is 5.75 Å². The average Bonchev–Trinajstić information content (AvgIpc) is 3.26. The van der Waals surface area contributed by atoms with Gasteiger partial charge in [-0.25, -0.2) is 4.79 Å². The highest BCUT2D eigenvalue weighted by Crippen LogP contribution is 2.37. The first-order valence-corrected chi connectivity index (χ1v) is 12.3. The van der Waals surface area contributed by atoms with Crippen LogP contribution < -0.4 is 9.64 Å². The summed E-state index contributed by atoms with van der Waals surface area (Å²) in [5.74, 6) is -0.0941. The Morgan fingerprint density at radius 1 is 0.972 bits per heavy atom. The summed E-state index contributed by atoms with van der Waals surface area (Å²) in [4.78, 5) is 28.3. The van der Waals surface area contributed by atoms with Gasteiger partial charge < -0.3 is 14.0 Å². The first-order chi connectivity index (χ1) is 17.3. The second-order valence-electron chi connectivity index (χ2n) is 8.45. The van der Waals surface area contributed by atoms with Gasteiger partial charge in [0.2, 0.25) is 0 Å². The molecule has 0 spiro atoms. The van der Waals surface area contributed by atoms with Gasteiger partial charge in [-0.3, -0.25) is 9.69 Å². The third-order valence-electron chi connectivity index (χ3n) is 6.12. The number of hydrogen-bond acceptors (Lipinski definition) is 4. The molecule has 7 heteroatoms. The van der Waals surface area contributed by atoms with Gasteiger partial charge in [-0.2, -0.15) is 0 Å². The molecular formula is C29H29ClN2O4. The zero-order valence-corrected chi connectivity index (χ0v) is 21.8. The average molecular weight is 505 g/mol. The minimum Gasteiger partial charge on any atom is -0.494 e. The topological polar surface area (TPSA) is 60.8 Å². The molecule has 36 heavy (non-hydrogen) atoms. The van der Waals surface area contributed by atoms with E-state index in [-0.39, 0.29) is 18.1 Å². The normalized spacial score (nSPS) is 14.7. The van der Waals surface area contributed by atoms with Crippen molar-refractivity contribution in [1.29, 1.82) is 0 Å². The molecule has 0 fully saturated rings. The van der Waals surface area contributed by atoms with Crippen LogP contribution in [0.15, 0.2) is 71.4 Å². The summed E-state index contributed by atoms with van der Waals surface area (Å²) in [6.45, 7) is 10.2. The summed E-state index contributed by atoms with van der Waals surface area (Å²) in [6, 6.07) is 16.8. The Labute approximate surface area is 216 Å². The lowest BCUT2D eigenvalue weighted by Crippen LogP contribution is -2.24. The molecule has 1 aliphatic rings. The van der Waals surface area contributed by atoms with Gasteiger partial charge in [-0.15, -0.1) is 0 Å². The Morgan fingerprint density at radius 2 is 1.69 bits per heavy atom. The van der Waals surface area contributed by atoms with Crippen molar-refractivity contribution in [3.63, 3.8) is 0 Å². The van der Waals surface area contributed by atoms with Crippen molar-refractivity contribution in [1.82, 2.24) is 4.57 Å². The molecule has 0 bridgehead atoms. The first-order valence-electron chi connectivity index (χ1n) is 11.9. The fraction of sp³-hybridized carbons (Fsp3) is 0.241. The molecule has 0 unspecified atom stereocenters. The van der Waals surface area contributed by atoms with Crippen molar-refractivity contribution in [2.45, 2.75) is 34.6 Å². The number of hydrogen-bond donors (Lipinski definition) is 0. The number of rotatable bonds is 7. The predicted molar refractivity (Wildman–Crippen MR) is 143 cm³/mol. The molecule has 1 aromatic heterocycles. The maximum Gasteiger partial charge on any atom is 0.340 e. The Morgan fingerprint density at radius 3 is 2.33 bits per heavy atom. The molecule has 0 saturated heterocycles. The van der Waals surface area contributed by atoms with Crippen molar-refractivity contribution in [2.75, 3.05) is 18.1 Å². The Balaban J connectivity index is 1.81. The van der Waals surface area contributed by atoms with E-state index in [1.807, 2.05) is 75.4 Å². The zero-order chi connectivity index (χ0) is 26.0. The lowest BCUT2D eigenvalue weighted by atomic mass is 10.0. The van der Waals surface area contributed by atoms with Gasteiger partial charge in [0.25, 0.3) is 5.91 Å². The second-order valence-corrected chi connectivity index (χ2v) is 8.88. The molecule has 0 atom stereocenters. The molecule has 0 aliphatic carbocycles. The number of nitrogens with zero attached hydrogens (tertiary/aromatic N) is 2. The number of carbonyl (C=O) groups is 2. The van der Waals surface area contributed by atoms with Crippen molar-refractivity contribution in [3.8, 4) is 11.4 Å². The van der Waals surface area contributed by atoms with E-state index in [2.05, 4.69) is 4.57 Å². The molecular weight excluding hydrogens is 476 g/mol. The highest BCUT2D eigenvalue weighted by atomic mass is 35.5. The number of benzene rings is 2. The van der Waals surface area contributed by atoms with Crippen LogP contribution >= 0.6 is 11.6 Å². The summed E-state index contributed by atoms with van der Waals surface area (Å²) < 4.78 is 12.9. The summed E-state index contributed by atoms with van der Waals surface area (Å²) >= 11 is 6.22. The van der Waals surface area contributed by atoms with Crippen molar-refractivity contribution >= 4 is 35.2 Å². The summed E-state index contributed by atoms with van der Waals surface area (Å²) in [5, 5.41) is 0.639. The zero-order valence-electron chi connectivity index (χ0n) is 21.1.